The van der Waals surface area contributed by atoms with Gasteiger partial charge in [0.25, 0.3) is 0 Å². The van der Waals surface area contributed by atoms with Crippen LogP contribution in [0, 0.1) is 0 Å². The van der Waals surface area contributed by atoms with Gasteiger partial charge in [-0.25, -0.2) is 0 Å². The van der Waals surface area contributed by atoms with Crippen molar-refractivity contribution in [2.75, 3.05) is 0 Å². The highest BCUT2D eigenvalue weighted by atomic mass is 35.5. The number of aldehydes is 1. The molecule has 1 atom stereocenters. The molecule has 0 aliphatic carbocycles. The average molecular weight is 251 g/mol. The summed E-state index contributed by atoms with van der Waals surface area (Å²) in [5.41, 5.74) is 1.10. The summed E-state index contributed by atoms with van der Waals surface area (Å²) >= 11 is 7.53. The summed E-state index contributed by atoms with van der Waals surface area (Å²) in [5, 5.41) is 2.71. The van der Waals surface area contributed by atoms with Crippen molar-refractivity contribution in [3.05, 3.63) is 57.2 Å². The molecule has 0 bridgehead atoms. The third-order valence-corrected chi connectivity index (χ3v) is 3.66. The summed E-state index contributed by atoms with van der Waals surface area (Å²) in [4.78, 5) is 12.2. The molecule has 0 fully saturated rings. The van der Waals surface area contributed by atoms with E-state index in [1.807, 2.05) is 41.8 Å². The van der Waals surface area contributed by atoms with Crippen molar-refractivity contribution < 1.29 is 4.79 Å². The second-order valence-corrected chi connectivity index (χ2v) is 5.01. The number of halogens is 1. The molecule has 1 aromatic heterocycles. The Morgan fingerprint density at radius 3 is 2.81 bits per heavy atom. The minimum atomic E-state index is -0.0570. The van der Waals surface area contributed by atoms with Crippen LogP contribution in [0.15, 0.2) is 41.8 Å². The highest BCUT2D eigenvalue weighted by Gasteiger charge is 2.12. The van der Waals surface area contributed by atoms with Gasteiger partial charge >= 0.3 is 0 Å². The van der Waals surface area contributed by atoms with Crippen molar-refractivity contribution in [3.63, 3.8) is 0 Å². The summed E-state index contributed by atoms with van der Waals surface area (Å²) in [6.07, 6.45) is 1.72. The van der Waals surface area contributed by atoms with Gasteiger partial charge in [-0.2, -0.15) is 0 Å². The lowest BCUT2D eigenvalue weighted by Gasteiger charge is -2.08. The molecule has 1 aromatic carbocycles. The fourth-order valence-electron chi connectivity index (χ4n) is 1.64. The number of rotatable bonds is 4. The number of benzene rings is 1. The van der Waals surface area contributed by atoms with Gasteiger partial charge in [-0.05, 0) is 35.6 Å². The summed E-state index contributed by atoms with van der Waals surface area (Å²) in [5.74, 6) is -0.0570. The average Bonchev–Trinajstić information content (AvgIpc) is 2.79. The molecule has 1 heterocycles. The van der Waals surface area contributed by atoms with Gasteiger partial charge in [0.1, 0.15) is 6.29 Å². The van der Waals surface area contributed by atoms with Gasteiger partial charge in [0.15, 0.2) is 0 Å². The van der Waals surface area contributed by atoms with E-state index in [0.29, 0.717) is 11.4 Å². The highest BCUT2D eigenvalue weighted by molar-refractivity contribution is 7.10. The molecule has 2 aromatic rings. The zero-order valence-electron chi connectivity index (χ0n) is 8.60. The van der Waals surface area contributed by atoms with Gasteiger partial charge < -0.3 is 4.79 Å². The minimum absolute atomic E-state index is 0.0570. The van der Waals surface area contributed by atoms with Crippen LogP contribution < -0.4 is 0 Å². The lowest BCUT2D eigenvalue weighted by Crippen LogP contribution is -2.02. The maximum Gasteiger partial charge on any atom is 0.128 e. The smallest absolute Gasteiger partial charge is 0.128 e. The van der Waals surface area contributed by atoms with Gasteiger partial charge in [0, 0.05) is 9.90 Å². The molecule has 0 spiro atoms. The molecule has 0 aliphatic heterocycles. The maximum absolute atomic E-state index is 11.1. The third kappa shape index (κ3) is 2.71. The van der Waals surface area contributed by atoms with Crippen LogP contribution in [0.2, 0.25) is 5.02 Å². The van der Waals surface area contributed by atoms with Crippen molar-refractivity contribution in [2.24, 2.45) is 0 Å². The van der Waals surface area contributed by atoms with Gasteiger partial charge in [0.05, 0.1) is 5.92 Å². The largest absolute Gasteiger partial charge is 0.303 e. The Morgan fingerprint density at radius 2 is 2.19 bits per heavy atom. The van der Waals surface area contributed by atoms with Crippen molar-refractivity contribution in [2.45, 2.75) is 12.3 Å². The first-order chi connectivity index (χ1) is 7.79. The molecule has 82 valence electrons. The Hall–Kier alpha value is -1.12. The van der Waals surface area contributed by atoms with E-state index in [2.05, 4.69) is 0 Å². The Balaban J connectivity index is 2.16. The molecule has 0 radical (unpaired) electrons. The second-order valence-electron chi connectivity index (χ2n) is 3.59. The van der Waals surface area contributed by atoms with Gasteiger partial charge in [-0.3, -0.25) is 0 Å². The fraction of sp³-hybridized carbons (Fsp3) is 0.154. The first kappa shape index (κ1) is 11.4. The molecular formula is C13H11ClOS. The fourth-order valence-corrected chi connectivity index (χ4v) is 2.63. The Labute approximate surface area is 104 Å². The van der Waals surface area contributed by atoms with Crippen molar-refractivity contribution >= 4 is 29.2 Å². The van der Waals surface area contributed by atoms with Crippen LogP contribution >= 0.6 is 22.9 Å². The number of thiophene rings is 1. The lowest BCUT2D eigenvalue weighted by atomic mass is 9.99. The second kappa shape index (κ2) is 5.28. The number of hydrogen-bond acceptors (Lipinski definition) is 2. The molecule has 0 saturated heterocycles. The summed E-state index contributed by atoms with van der Waals surface area (Å²) in [6, 6.07) is 11.6. The Bertz CT molecular complexity index is 465. The van der Waals surface area contributed by atoms with E-state index >= 15 is 0 Å². The zero-order valence-corrected chi connectivity index (χ0v) is 10.2. The van der Waals surface area contributed by atoms with Crippen LogP contribution in [0.1, 0.15) is 16.4 Å². The van der Waals surface area contributed by atoms with E-state index in [9.17, 15) is 4.79 Å². The van der Waals surface area contributed by atoms with Crippen molar-refractivity contribution in [3.8, 4) is 0 Å². The van der Waals surface area contributed by atoms with E-state index in [-0.39, 0.29) is 5.92 Å². The molecule has 16 heavy (non-hydrogen) atoms. The Morgan fingerprint density at radius 1 is 1.31 bits per heavy atom. The molecule has 3 heteroatoms. The van der Waals surface area contributed by atoms with Crippen LogP contribution in [-0.4, -0.2) is 6.29 Å². The maximum atomic E-state index is 11.1. The molecule has 0 N–H and O–H groups in total. The van der Waals surface area contributed by atoms with Gasteiger partial charge in [-0.15, -0.1) is 11.3 Å². The third-order valence-electron chi connectivity index (χ3n) is 2.42. The topological polar surface area (TPSA) is 17.1 Å². The predicted octanol–water partition coefficient (Wildman–Crippen LogP) is 3.93. The van der Waals surface area contributed by atoms with E-state index in [0.717, 1.165) is 16.7 Å². The number of hydrogen-bond donors (Lipinski definition) is 0. The predicted molar refractivity (Wildman–Crippen MR) is 68.3 cm³/mol. The SMILES string of the molecule is O=CC(Cc1cccc(Cl)c1)c1cccs1. The van der Waals surface area contributed by atoms with Crippen LogP contribution in [0.3, 0.4) is 0 Å². The summed E-state index contributed by atoms with van der Waals surface area (Å²) in [7, 11) is 0. The highest BCUT2D eigenvalue weighted by Crippen LogP contribution is 2.24. The lowest BCUT2D eigenvalue weighted by molar-refractivity contribution is -0.109. The zero-order chi connectivity index (χ0) is 11.4. The van der Waals surface area contributed by atoms with Crippen LogP contribution in [0.4, 0.5) is 0 Å². The van der Waals surface area contributed by atoms with Crippen molar-refractivity contribution in [1.29, 1.82) is 0 Å². The number of carbonyl (C=O) groups is 1. The first-order valence-electron chi connectivity index (χ1n) is 5.03. The molecular weight excluding hydrogens is 240 g/mol. The normalized spacial score (nSPS) is 12.3. The van der Waals surface area contributed by atoms with Crippen LogP contribution in [0.25, 0.3) is 0 Å². The molecule has 0 saturated carbocycles. The van der Waals surface area contributed by atoms with Gasteiger partial charge in [0.2, 0.25) is 0 Å². The van der Waals surface area contributed by atoms with Crippen LogP contribution in [0.5, 0.6) is 0 Å². The van der Waals surface area contributed by atoms with E-state index in [1.165, 1.54) is 0 Å². The monoisotopic (exact) mass is 250 g/mol. The van der Waals surface area contributed by atoms with E-state index in [4.69, 9.17) is 11.6 Å². The standard InChI is InChI=1S/C13H11ClOS/c14-12-4-1-3-10(8-12)7-11(9-15)13-5-2-6-16-13/h1-6,8-9,11H,7H2. The van der Waals surface area contributed by atoms with Gasteiger partial charge in [-0.1, -0.05) is 29.8 Å². The minimum Gasteiger partial charge on any atom is -0.303 e. The summed E-state index contributed by atoms with van der Waals surface area (Å²) < 4.78 is 0. The summed E-state index contributed by atoms with van der Waals surface area (Å²) in [6.45, 7) is 0. The molecule has 1 nitrogen and oxygen atoms in total. The Kier molecular flexibility index (Phi) is 3.75. The van der Waals surface area contributed by atoms with Crippen LogP contribution in [-0.2, 0) is 11.2 Å². The molecule has 0 aliphatic rings. The molecule has 2 rings (SSSR count). The molecule has 1 unspecified atom stereocenters. The van der Waals surface area contributed by atoms with Crippen molar-refractivity contribution in [1.82, 2.24) is 0 Å². The van der Waals surface area contributed by atoms with E-state index in [1.54, 1.807) is 11.3 Å². The number of carbonyl (C=O) groups excluding carboxylic acids is 1. The first-order valence-corrected chi connectivity index (χ1v) is 6.28. The quantitative estimate of drug-likeness (QED) is 0.752. The molecule has 0 amide bonds. The van der Waals surface area contributed by atoms with E-state index < -0.39 is 0 Å².